The Morgan fingerprint density at radius 2 is 1.87 bits per heavy atom. The monoisotopic (exact) mass is 453 g/mol. The van der Waals surface area contributed by atoms with Crippen molar-refractivity contribution in [3.63, 3.8) is 0 Å². The van der Waals surface area contributed by atoms with Crippen LogP contribution in [0.15, 0.2) is 60.3 Å². The van der Waals surface area contributed by atoms with Crippen molar-refractivity contribution in [2.75, 3.05) is 19.6 Å². The average Bonchev–Trinajstić information content (AvgIpc) is 3.28. The fraction of sp³-hybridized carbons (Fsp3) is 0.348. The average molecular weight is 454 g/mol. The standard InChI is InChI=1S/C23H23N3O3S2/c27-31(28,20-9-10-20)26-14-17-12-25(13-18(17)15-26)11-16-5-7-19(8-6-16)29-23-24-21-3-1-2-4-22(21)30-23/h1-8,14,18,20H,9-13,15H2. The van der Waals surface area contributed by atoms with Gasteiger partial charge in [0.2, 0.25) is 10.0 Å². The molecule has 0 radical (unpaired) electrons. The van der Waals surface area contributed by atoms with Crippen molar-refractivity contribution in [2.24, 2.45) is 5.92 Å². The number of nitrogens with zero attached hydrogens (tertiary/aromatic N) is 3. The molecule has 1 saturated carbocycles. The molecule has 31 heavy (non-hydrogen) atoms. The first-order valence-corrected chi connectivity index (χ1v) is 12.9. The van der Waals surface area contributed by atoms with Crippen molar-refractivity contribution in [3.05, 3.63) is 65.9 Å². The summed E-state index contributed by atoms with van der Waals surface area (Å²) >= 11 is 1.54. The Bertz CT molecular complexity index is 1230. The number of rotatable bonds is 6. The van der Waals surface area contributed by atoms with E-state index in [1.807, 2.05) is 42.6 Å². The van der Waals surface area contributed by atoms with Crippen LogP contribution in [0.4, 0.5) is 0 Å². The van der Waals surface area contributed by atoms with E-state index in [1.54, 1.807) is 15.6 Å². The van der Waals surface area contributed by atoms with Gasteiger partial charge >= 0.3 is 0 Å². The van der Waals surface area contributed by atoms with E-state index in [-0.39, 0.29) is 5.25 Å². The summed E-state index contributed by atoms with van der Waals surface area (Å²) in [7, 11) is -3.10. The summed E-state index contributed by atoms with van der Waals surface area (Å²) < 4.78 is 33.6. The van der Waals surface area contributed by atoms with Gasteiger partial charge in [0.25, 0.3) is 5.19 Å². The highest BCUT2D eigenvalue weighted by Crippen LogP contribution is 2.37. The number of hydrogen-bond donors (Lipinski definition) is 0. The summed E-state index contributed by atoms with van der Waals surface area (Å²) in [5, 5.41) is 0.515. The second-order valence-corrected chi connectivity index (χ2v) is 11.7. The van der Waals surface area contributed by atoms with E-state index in [0.29, 0.717) is 17.7 Å². The zero-order chi connectivity index (χ0) is 21.0. The smallest absolute Gasteiger partial charge is 0.279 e. The number of sulfonamides is 1. The molecule has 6 rings (SSSR count). The van der Waals surface area contributed by atoms with Gasteiger partial charge in [0.05, 0.1) is 15.5 Å². The summed E-state index contributed by atoms with van der Waals surface area (Å²) in [4.78, 5) is 6.91. The molecule has 8 heteroatoms. The molecule has 0 amide bonds. The summed E-state index contributed by atoms with van der Waals surface area (Å²) in [6.07, 6.45) is 3.53. The van der Waals surface area contributed by atoms with Gasteiger partial charge in [-0.15, -0.1) is 0 Å². The highest BCUT2D eigenvalue weighted by atomic mass is 32.2. The molecular weight excluding hydrogens is 430 g/mol. The van der Waals surface area contributed by atoms with E-state index in [2.05, 4.69) is 22.0 Å². The molecule has 3 aliphatic rings. The molecule has 1 unspecified atom stereocenters. The maximum absolute atomic E-state index is 12.5. The van der Waals surface area contributed by atoms with Crippen LogP contribution < -0.4 is 4.74 Å². The third kappa shape index (κ3) is 3.73. The molecule has 160 valence electrons. The number of aromatic nitrogens is 1. The molecule has 2 aliphatic heterocycles. The molecule has 3 aromatic rings. The van der Waals surface area contributed by atoms with E-state index >= 15 is 0 Å². The Balaban J connectivity index is 1.08. The Labute approximate surface area is 185 Å². The molecule has 1 aromatic heterocycles. The van der Waals surface area contributed by atoms with Crippen molar-refractivity contribution in [1.82, 2.24) is 14.2 Å². The van der Waals surface area contributed by atoms with Gasteiger partial charge in [-0.3, -0.25) is 9.21 Å². The molecule has 6 nitrogen and oxygen atoms in total. The van der Waals surface area contributed by atoms with Gasteiger partial charge in [-0.1, -0.05) is 35.6 Å². The number of benzene rings is 2. The van der Waals surface area contributed by atoms with Gasteiger partial charge in [-0.05, 0) is 48.2 Å². The van der Waals surface area contributed by atoms with Crippen LogP contribution in [0.3, 0.4) is 0 Å². The van der Waals surface area contributed by atoms with Crippen LogP contribution in [-0.4, -0.2) is 47.5 Å². The number of likely N-dealkylation sites (tertiary alicyclic amines) is 1. The first-order chi connectivity index (χ1) is 15.0. The minimum absolute atomic E-state index is 0.136. The molecule has 0 N–H and O–H groups in total. The number of ether oxygens (including phenoxy) is 1. The van der Waals surface area contributed by atoms with Crippen LogP contribution in [0.2, 0.25) is 0 Å². The predicted molar refractivity (Wildman–Crippen MR) is 122 cm³/mol. The summed E-state index contributed by atoms with van der Waals surface area (Å²) in [5.41, 5.74) is 3.43. The van der Waals surface area contributed by atoms with Crippen molar-refractivity contribution in [2.45, 2.75) is 24.6 Å². The largest absolute Gasteiger partial charge is 0.431 e. The van der Waals surface area contributed by atoms with Crippen LogP contribution in [-0.2, 0) is 16.6 Å². The van der Waals surface area contributed by atoms with E-state index < -0.39 is 10.0 Å². The molecule has 2 aromatic carbocycles. The van der Waals surface area contributed by atoms with E-state index in [9.17, 15) is 8.42 Å². The topological polar surface area (TPSA) is 62.7 Å². The maximum atomic E-state index is 12.5. The van der Waals surface area contributed by atoms with Crippen molar-refractivity contribution >= 4 is 31.6 Å². The molecule has 1 saturated heterocycles. The fourth-order valence-electron chi connectivity index (χ4n) is 4.43. The van der Waals surface area contributed by atoms with Gasteiger partial charge in [-0.25, -0.2) is 13.4 Å². The maximum Gasteiger partial charge on any atom is 0.279 e. The van der Waals surface area contributed by atoms with Gasteiger partial charge in [0.15, 0.2) is 0 Å². The van der Waals surface area contributed by atoms with Crippen LogP contribution in [0.5, 0.6) is 10.9 Å². The SMILES string of the molecule is O=S(=O)(C1CC1)N1C=C2CN(Cc3ccc(Oc4nc5ccccc5s4)cc3)CC2C1. The Kier molecular flexibility index (Phi) is 4.55. The van der Waals surface area contributed by atoms with E-state index in [0.717, 1.165) is 48.4 Å². The lowest BCUT2D eigenvalue weighted by Gasteiger charge is -2.20. The molecule has 3 heterocycles. The van der Waals surface area contributed by atoms with Crippen LogP contribution in [0.1, 0.15) is 18.4 Å². The third-order valence-electron chi connectivity index (χ3n) is 6.20. The Morgan fingerprint density at radius 1 is 1.06 bits per heavy atom. The lowest BCUT2D eigenvalue weighted by molar-refractivity contribution is 0.306. The van der Waals surface area contributed by atoms with Crippen LogP contribution >= 0.6 is 11.3 Å². The summed E-state index contributed by atoms with van der Waals surface area (Å²) in [6.45, 7) is 3.21. The highest BCUT2D eigenvalue weighted by Gasteiger charge is 2.44. The molecule has 0 bridgehead atoms. The summed E-state index contributed by atoms with van der Waals surface area (Å²) in [6, 6.07) is 16.2. The quantitative estimate of drug-likeness (QED) is 0.559. The van der Waals surface area contributed by atoms with Crippen molar-refractivity contribution in [3.8, 4) is 10.9 Å². The lowest BCUT2D eigenvalue weighted by atomic mass is 10.1. The minimum Gasteiger partial charge on any atom is -0.431 e. The second kappa shape index (κ2) is 7.32. The van der Waals surface area contributed by atoms with Crippen molar-refractivity contribution in [1.29, 1.82) is 0 Å². The fourth-order valence-corrected chi connectivity index (χ4v) is 7.05. The van der Waals surface area contributed by atoms with Crippen molar-refractivity contribution < 1.29 is 13.2 Å². The van der Waals surface area contributed by atoms with Gasteiger partial charge in [0, 0.05) is 38.3 Å². The highest BCUT2D eigenvalue weighted by molar-refractivity contribution is 7.90. The van der Waals surface area contributed by atoms with Crippen LogP contribution in [0, 0.1) is 5.92 Å². The van der Waals surface area contributed by atoms with E-state index in [1.165, 1.54) is 11.1 Å². The van der Waals surface area contributed by atoms with Gasteiger partial charge < -0.3 is 4.74 Å². The van der Waals surface area contributed by atoms with Gasteiger partial charge in [-0.2, -0.15) is 0 Å². The zero-order valence-electron chi connectivity index (χ0n) is 17.0. The lowest BCUT2D eigenvalue weighted by Crippen LogP contribution is -2.31. The first-order valence-electron chi connectivity index (χ1n) is 10.6. The van der Waals surface area contributed by atoms with Gasteiger partial charge in [0.1, 0.15) is 5.75 Å². The Hall–Kier alpha value is -2.42. The Morgan fingerprint density at radius 3 is 2.61 bits per heavy atom. The number of fused-ring (bicyclic) bond motifs is 2. The normalized spacial score (nSPS) is 21.5. The number of thiazole rings is 1. The number of para-hydroxylation sites is 1. The third-order valence-corrected chi connectivity index (χ3v) is 9.34. The predicted octanol–water partition coefficient (Wildman–Crippen LogP) is 4.21. The molecule has 1 aliphatic carbocycles. The number of hydrogen-bond acceptors (Lipinski definition) is 6. The molecule has 0 spiro atoms. The van der Waals surface area contributed by atoms with E-state index in [4.69, 9.17) is 4.74 Å². The first kappa shape index (κ1) is 19.3. The summed E-state index contributed by atoms with van der Waals surface area (Å²) in [5.74, 6) is 1.11. The zero-order valence-corrected chi connectivity index (χ0v) is 18.6. The molecule has 1 atom stereocenters. The molecular formula is C23H23N3O3S2. The minimum atomic E-state index is -3.10. The second-order valence-electron chi connectivity index (χ2n) is 8.58. The molecule has 2 fully saturated rings. The van der Waals surface area contributed by atoms with Crippen LogP contribution in [0.25, 0.3) is 10.2 Å².